The fourth-order valence-corrected chi connectivity index (χ4v) is 2.77. The molecule has 4 heteroatoms. The summed E-state index contributed by atoms with van der Waals surface area (Å²) in [6, 6.07) is 6.16. The van der Waals surface area contributed by atoms with Crippen molar-refractivity contribution in [3.63, 3.8) is 0 Å². The highest BCUT2D eigenvalue weighted by Crippen LogP contribution is 2.36. The average molecular weight is 393 g/mol. The van der Waals surface area contributed by atoms with Gasteiger partial charge >= 0.3 is 5.97 Å². The monoisotopic (exact) mass is 392 g/mol. The van der Waals surface area contributed by atoms with Crippen molar-refractivity contribution in [3.05, 3.63) is 58.1 Å². The van der Waals surface area contributed by atoms with Gasteiger partial charge in [0.15, 0.2) is 0 Å². The summed E-state index contributed by atoms with van der Waals surface area (Å²) in [4.78, 5) is 9.97. The summed E-state index contributed by atoms with van der Waals surface area (Å²) >= 11 is 3.49. The highest BCUT2D eigenvalue weighted by molar-refractivity contribution is 9.10. The van der Waals surface area contributed by atoms with E-state index in [1.165, 1.54) is 17.2 Å². The molecule has 0 aromatic heterocycles. The van der Waals surface area contributed by atoms with Crippen molar-refractivity contribution in [1.29, 1.82) is 0 Å². The number of rotatable bonds is 2. The van der Waals surface area contributed by atoms with Crippen LogP contribution < -0.4 is 4.74 Å². The van der Waals surface area contributed by atoms with E-state index in [0.29, 0.717) is 0 Å². The normalized spacial score (nSPS) is 16.2. The molecule has 130 valence electrons. The van der Waals surface area contributed by atoms with E-state index in [1.807, 2.05) is 19.1 Å². The third-order valence-electron chi connectivity index (χ3n) is 3.35. The van der Waals surface area contributed by atoms with Gasteiger partial charge in [0.25, 0.3) is 0 Å². The zero-order valence-electron chi connectivity index (χ0n) is 14.9. The zero-order valence-corrected chi connectivity index (χ0v) is 16.5. The van der Waals surface area contributed by atoms with Crippen molar-refractivity contribution in [3.8, 4) is 5.75 Å². The van der Waals surface area contributed by atoms with Gasteiger partial charge in [0.2, 0.25) is 0 Å². The first kappa shape index (κ1) is 20.2. The molecule has 24 heavy (non-hydrogen) atoms. The summed E-state index contributed by atoms with van der Waals surface area (Å²) in [6.45, 7) is 10.9. The predicted molar refractivity (Wildman–Crippen MR) is 103 cm³/mol. The third-order valence-corrected chi connectivity index (χ3v) is 3.85. The number of ether oxygens (including phenoxy) is 1. The van der Waals surface area contributed by atoms with E-state index >= 15 is 0 Å². The van der Waals surface area contributed by atoms with Crippen molar-refractivity contribution in [2.24, 2.45) is 5.41 Å². The van der Waals surface area contributed by atoms with Crippen LogP contribution in [-0.4, -0.2) is 17.7 Å². The summed E-state index contributed by atoms with van der Waals surface area (Å²) in [5.74, 6) is 0.0862. The van der Waals surface area contributed by atoms with Gasteiger partial charge in [-0.25, -0.2) is 4.79 Å². The second-order valence-corrected chi connectivity index (χ2v) is 7.39. The molecule has 1 aromatic rings. The van der Waals surface area contributed by atoms with Crippen LogP contribution in [0.3, 0.4) is 0 Å². The van der Waals surface area contributed by atoms with Crippen molar-refractivity contribution in [2.45, 2.75) is 34.6 Å². The number of hydrogen-bond donors (Lipinski definition) is 1. The number of carboxylic acid groups (broad SMARTS) is 1. The number of aliphatic carboxylic acids is 1. The quantitative estimate of drug-likeness (QED) is 0.505. The summed E-state index contributed by atoms with van der Waals surface area (Å²) < 4.78 is 6.91. The van der Waals surface area contributed by atoms with Gasteiger partial charge in [0.1, 0.15) is 5.75 Å². The van der Waals surface area contributed by atoms with Crippen LogP contribution in [0.5, 0.6) is 5.75 Å². The Morgan fingerprint density at radius 3 is 2.62 bits per heavy atom. The Kier molecular flexibility index (Phi) is 7.49. The topological polar surface area (TPSA) is 46.5 Å². The lowest BCUT2D eigenvalue weighted by atomic mass is 9.91. The Morgan fingerprint density at radius 2 is 2.04 bits per heavy atom. The van der Waals surface area contributed by atoms with E-state index < -0.39 is 5.97 Å². The standard InChI is InChI=1S/C13H15BrO.C7H10O2/c1-9-7-13(2,3)8-15-12-5-4-10(14)6-11(9)12;1-3-4-6(2)5-7(8)9/h4-7H,8H2,1-3H3;3-5H,1-2H3,(H,8,9)/b;4-3+,6-5+. The summed E-state index contributed by atoms with van der Waals surface area (Å²) in [7, 11) is 0. The van der Waals surface area contributed by atoms with Crippen molar-refractivity contribution in [1.82, 2.24) is 0 Å². The van der Waals surface area contributed by atoms with Crippen LogP contribution >= 0.6 is 15.9 Å². The predicted octanol–water partition coefficient (Wildman–Crippen LogP) is 5.86. The number of carboxylic acids is 1. The molecule has 0 bridgehead atoms. The number of fused-ring (bicyclic) bond motifs is 1. The molecule has 0 aliphatic carbocycles. The summed E-state index contributed by atoms with van der Waals surface area (Å²) in [5, 5.41) is 8.20. The molecule has 1 aromatic carbocycles. The Labute approximate surface area is 152 Å². The maximum Gasteiger partial charge on any atom is 0.328 e. The minimum absolute atomic E-state index is 0.107. The number of allylic oxidation sites excluding steroid dienone is 4. The first-order chi connectivity index (χ1) is 11.1. The fourth-order valence-electron chi connectivity index (χ4n) is 2.41. The summed E-state index contributed by atoms with van der Waals surface area (Å²) in [5.41, 5.74) is 3.34. The molecule has 1 aliphatic heterocycles. The van der Waals surface area contributed by atoms with E-state index in [9.17, 15) is 4.79 Å². The van der Waals surface area contributed by atoms with Crippen LogP contribution in [-0.2, 0) is 4.79 Å². The Hall–Kier alpha value is -1.81. The Bertz CT molecular complexity index is 682. The molecule has 0 amide bonds. The minimum Gasteiger partial charge on any atom is -0.492 e. The first-order valence-electron chi connectivity index (χ1n) is 7.81. The highest BCUT2D eigenvalue weighted by atomic mass is 79.9. The molecular weight excluding hydrogens is 368 g/mol. The van der Waals surface area contributed by atoms with Gasteiger partial charge in [-0.15, -0.1) is 0 Å². The van der Waals surface area contributed by atoms with Crippen LogP contribution in [0, 0.1) is 5.41 Å². The van der Waals surface area contributed by atoms with Gasteiger partial charge in [-0.05, 0) is 50.1 Å². The van der Waals surface area contributed by atoms with Gasteiger partial charge in [-0.3, -0.25) is 0 Å². The number of benzene rings is 1. The molecule has 1 aliphatic rings. The van der Waals surface area contributed by atoms with E-state index in [4.69, 9.17) is 9.84 Å². The second-order valence-electron chi connectivity index (χ2n) is 6.47. The molecule has 0 unspecified atom stereocenters. The molecule has 1 heterocycles. The molecule has 0 radical (unpaired) electrons. The SMILES string of the molecule is C/C=C/C(C)=C/C(=O)O.CC1=CC(C)(C)COc2ccc(Br)cc21. The molecule has 0 saturated carbocycles. The second kappa shape index (κ2) is 8.88. The van der Waals surface area contributed by atoms with E-state index in [2.05, 4.69) is 48.8 Å². The van der Waals surface area contributed by atoms with Crippen molar-refractivity contribution < 1.29 is 14.6 Å². The molecule has 0 fully saturated rings. The van der Waals surface area contributed by atoms with Gasteiger partial charge < -0.3 is 9.84 Å². The Balaban J connectivity index is 0.000000277. The van der Waals surface area contributed by atoms with Gasteiger partial charge in [0.05, 0.1) is 6.61 Å². The number of hydrogen-bond acceptors (Lipinski definition) is 2. The van der Waals surface area contributed by atoms with Crippen LogP contribution in [0.1, 0.15) is 40.2 Å². The molecule has 0 atom stereocenters. The van der Waals surface area contributed by atoms with Crippen LogP contribution in [0.2, 0.25) is 0 Å². The third kappa shape index (κ3) is 6.75. The Morgan fingerprint density at radius 1 is 1.38 bits per heavy atom. The maximum atomic E-state index is 9.97. The molecule has 2 rings (SSSR count). The van der Waals surface area contributed by atoms with E-state index in [0.717, 1.165) is 22.4 Å². The highest BCUT2D eigenvalue weighted by Gasteiger charge is 2.21. The number of carbonyl (C=O) groups is 1. The van der Waals surface area contributed by atoms with Crippen LogP contribution in [0.15, 0.2) is 52.5 Å². The lowest BCUT2D eigenvalue weighted by molar-refractivity contribution is -0.131. The molecule has 0 spiro atoms. The maximum absolute atomic E-state index is 9.97. The molecule has 3 nitrogen and oxygen atoms in total. The van der Waals surface area contributed by atoms with Crippen molar-refractivity contribution >= 4 is 27.5 Å². The first-order valence-corrected chi connectivity index (χ1v) is 8.60. The van der Waals surface area contributed by atoms with Gasteiger partial charge in [0, 0.05) is 21.5 Å². The minimum atomic E-state index is -0.898. The molecule has 1 N–H and O–H groups in total. The largest absolute Gasteiger partial charge is 0.492 e. The van der Waals surface area contributed by atoms with Gasteiger partial charge in [-0.2, -0.15) is 0 Å². The molecule has 0 saturated heterocycles. The van der Waals surface area contributed by atoms with E-state index in [-0.39, 0.29) is 5.41 Å². The molecular formula is C20H25BrO3. The van der Waals surface area contributed by atoms with Gasteiger partial charge in [-0.1, -0.05) is 48.0 Å². The fraction of sp³-hybridized carbons (Fsp3) is 0.350. The lowest BCUT2D eigenvalue weighted by Gasteiger charge is -2.18. The number of halogens is 1. The van der Waals surface area contributed by atoms with Crippen molar-refractivity contribution in [2.75, 3.05) is 6.61 Å². The lowest BCUT2D eigenvalue weighted by Crippen LogP contribution is -2.17. The van der Waals surface area contributed by atoms with E-state index in [1.54, 1.807) is 19.1 Å². The smallest absolute Gasteiger partial charge is 0.328 e. The van der Waals surface area contributed by atoms with Crippen LogP contribution in [0.4, 0.5) is 0 Å². The zero-order chi connectivity index (χ0) is 18.3. The average Bonchev–Trinajstić information content (AvgIpc) is 2.55. The summed E-state index contributed by atoms with van der Waals surface area (Å²) in [6.07, 6.45) is 6.99. The van der Waals surface area contributed by atoms with Crippen LogP contribution in [0.25, 0.3) is 5.57 Å².